The highest BCUT2D eigenvalue weighted by Gasteiger charge is 2.29. The number of benzene rings is 3. The molecule has 0 atom stereocenters. The highest BCUT2D eigenvalue weighted by atomic mass is 32.2. The van der Waals surface area contributed by atoms with Crippen molar-refractivity contribution in [3.05, 3.63) is 72.8 Å². The second-order valence-corrected chi connectivity index (χ2v) is 9.61. The summed E-state index contributed by atoms with van der Waals surface area (Å²) in [4.78, 5) is 14.0. The van der Waals surface area contributed by atoms with Crippen LogP contribution >= 0.6 is 11.8 Å². The number of thioether (sulfide) groups is 1. The molecule has 0 heterocycles. The van der Waals surface area contributed by atoms with Gasteiger partial charge in [0, 0.05) is 16.6 Å². The number of rotatable bonds is 10. The van der Waals surface area contributed by atoms with Crippen LogP contribution in [0.3, 0.4) is 0 Å². The van der Waals surface area contributed by atoms with Gasteiger partial charge in [0.05, 0.1) is 24.3 Å². The fourth-order valence-electron chi connectivity index (χ4n) is 3.17. The molecule has 7 nitrogen and oxygen atoms in total. The maximum absolute atomic E-state index is 13.6. The van der Waals surface area contributed by atoms with E-state index in [1.807, 2.05) is 13.2 Å². The second kappa shape index (κ2) is 11.1. The maximum atomic E-state index is 13.6. The first-order valence-corrected chi connectivity index (χ1v) is 12.9. The number of sulfonamides is 1. The Morgan fingerprint density at radius 1 is 1.03 bits per heavy atom. The summed E-state index contributed by atoms with van der Waals surface area (Å²) in [5.74, 6) is 0.449. The normalized spacial score (nSPS) is 11.0. The van der Waals surface area contributed by atoms with Gasteiger partial charge in [0.25, 0.3) is 10.0 Å². The van der Waals surface area contributed by atoms with E-state index in [2.05, 4.69) is 5.32 Å². The van der Waals surface area contributed by atoms with Gasteiger partial charge in [0.15, 0.2) is 0 Å². The Morgan fingerprint density at radius 2 is 1.76 bits per heavy atom. The van der Waals surface area contributed by atoms with Crippen LogP contribution in [0, 0.1) is 0 Å². The second-order valence-electron chi connectivity index (χ2n) is 6.87. The molecule has 0 spiro atoms. The van der Waals surface area contributed by atoms with Crippen molar-refractivity contribution in [1.29, 1.82) is 0 Å². The van der Waals surface area contributed by atoms with Crippen molar-refractivity contribution < 1.29 is 22.7 Å². The molecular formula is C24H26N2O5S2. The van der Waals surface area contributed by atoms with Crippen LogP contribution in [0.4, 0.5) is 11.4 Å². The molecule has 1 N–H and O–H groups in total. The molecule has 0 aliphatic heterocycles. The van der Waals surface area contributed by atoms with E-state index in [4.69, 9.17) is 9.47 Å². The Bertz CT molecular complexity index is 1200. The molecule has 0 radical (unpaired) electrons. The molecule has 0 saturated carbocycles. The van der Waals surface area contributed by atoms with Crippen LogP contribution in [-0.4, -0.2) is 40.8 Å². The van der Waals surface area contributed by atoms with Crippen molar-refractivity contribution in [2.75, 3.05) is 36.1 Å². The lowest BCUT2D eigenvalue weighted by molar-refractivity contribution is -0.114. The Labute approximate surface area is 198 Å². The predicted molar refractivity (Wildman–Crippen MR) is 132 cm³/mol. The topological polar surface area (TPSA) is 84.9 Å². The average molecular weight is 487 g/mol. The van der Waals surface area contributed by atoms with E-state index in [1.54, 1.807) is 60.7 Å². The van der Waals surface area contributed by atoms with Crippen molar-refractivity contribution in [2.24, 2.45) is 0 Å². The van der Waals surface area contributed by atoms with Crippen LogP contribution in [0.5, 0.6) is 11.5 Å². The van der Waals surface area contributed by atoms with Crippen molar-refractivity contribution >= 4 is 39.1 Å². The highest BCUT2D eigenvalue weighted by molar-refractivity contribution is 7.98. The minimum Gasteiger partial charge on any atom is -0.495 e. The molecule has 3 rings (SSSR count). The van der Waals surface area contributed by atoms with Crippen molar-refractivity contribution in [2.45, 2.75) is 16.7 Å². The third kappa shape index (κ3) is 6.00. The zero-order chi connectivity index (χ0) is 23.8. The molecule has 1 amide bonds. The van der Waals surface area contributed by atoms with Crippen molar-refractivity contribution in [3.8, 4) is 11.5 Å². The Kier molecular flexibility index (Phi) is 8.24. The average Bonchev–Trinajstić information content (AvgIpc) is 2.83. The van der Waals surface area contributed by atoms with Gasteiger partial charge in [-0.1, -0.05) is 18.2 Å². The molecule has 0 aromatic heterocycles. The van der Waals surface area contributed by atoms with Crippen molar-refractivity contribution in [3.63, 3.8) is 0 Å². The SMILES string of the molecule is CCOc1cccc(NC(=O)CN(c2ccccc2OC)S(=O)(=O)c2ccc(SC)cc2)c1. The largest absolute Gasteiger partial charge is 0.495 e. The van der Waals surface area contributed by atoms with Gasteiger partial charge >= 0.3 is 0 Å². The molecule has 0 bridgehead atoms. The number of hydrogen-bond donors (Lipinski definition) is 1. The van der Waals surface area contributed by atoms with Crippen LogP contribution < -0.4 is 19.1 Å². The summed E-state index contributed by atoms with van der Waals surface area (Å²) in [6, 6.07) is 20.2. The lowest BCUT2D eigenvalue weighted by atomic mass is 10.3. The van der Waals surface area contributed by atoms with Crippen LogP contribution in [0.2, 0.25) is 0 Å². The van der Waals surface area contributed by atoms with Gasteiger partial charge in [0.1, 0.15) is 18.0 Å². The van der Waals surface area contributed by atoms with Crippen LogP contribution in [-0.2, 0) is 14.8 Å². The van der Waals surface area contributed by atoms with Gasteiger partial charge in [-0.2, -0.15) is 0 Å². The third-order valence-electron chi connectivity index (χ3n) is 4.72. The fourth-order valence-corrected chi connectivity index (χ4v) is 5.01. The number of para-hydroxylation sites is 2. The van der Waals surface area contributed by atoms with E-state index in [-0.39, 0.29) is 10.6 Å². The minimum atomic E-state index is -4.06. The summed E-state index contributed by atoms with van der Waals surface area (Å²) in [5.41, 5.74) is 0.778. The maximum Gasteiger partial charge on any atom is 0.264 e. The number of carbonyl (C=O) groups is 1. The van der Waals surface area contributed by atoms with Crippen LogP contribution in [0.25, 0.3) is 0 Å². The predicted octanol–water partition coefficient (Wildman–Crippen LogP) is 4.65. The Morgan fingerprint density at radius 3 is 2.42 bits per heavy atom. The van der Waals surface area contributed by atoms with E-state index < -0.39 is 22.5 Å². The molecule has 0 aliphatic rings. The number of methoxy groups -OCH3 is 1. The first-order chi connectivity index (χ1) is 15.9. The van der Waals surface area contributed by atoms with E-state index in [0.717, 1.165) is 9.20 Å². The smallest absolute Gasteiger partial charge is 0.264 e. The van der Waals surface area contributed by atoms with E-state index in [9.17, 15) is 13.2 Å². The molecule has 0 unspecified atom stereocenters. The fraction of sp³-hybridized carbons (Fsp3) is 0.208. The minimum absolute atomic E-state index is 0.0809. The summed E-state index contributed by atoms with van der Waals surface area (Å²) < 4.78 is 39.1. The van der Waals surface area contributed by atoms with E-state index >= 15 is 0 Å². The molecule has 0 aliphatic carbocycles. The molecule has 33 heavy (non-hydrogen) atoms. The van der Waals surface area contributed by atoms with Gasteiger partial charge in [-0.05, 0) is 61.7 Å². The lowest BCUT2D eigenvalue weighted by Gasteiger charge is -2.25. The van der Waals surface area contributed by atoms with E-state index in [1.165, 1.54) is 31.0 Å². The summed E-state index contributed by atoms with van der Waals surface area (Å²) in [6.45, 7) is 1.92. The molecule has 3 aromatic rings. The Balaban J connectivity index is 1.95. The lowest BCUT2D eigenvalue weighted by Crippen LogP contribution is -2.38. The number of hydrogen-bond acceptors (Lipinski definition) is 6. The molecule has 174 valence electrons. The van der Waals surface area contributed by atoms with Gasteiger partial charge in [0.2, 0.25) is 5.91 Å². The molecule has 3 aromatic carbocycles. The van der Waals surface area contributed by atoms with E-state index in [0.29, 0.717) is 23.8 Å². The van der Waals surface area contributed by atoms with Crippen LogP contribution in [0.1, 0.15) is 6.92 Å². The molecular weight excluding hydrogens is 460 g/mol. The summed E-state index contributed by atoms with van der Waals surface area (Å²) in [5, 5.41) is 2.75. The monoisotopic (exact) mass is 486 g/mol. The summed E-state index contributed by atoms with van der Waals surface area (Å²) >= 11 is 1.51. The zero-order valence-electron chi connectivity index (χ0n) is 18.6. The van der Waals surface area contributed by atoms with Gasteiger partial charge in [-0.3, -0.25) is 9.10 Å². The molecule has 0 fully saturated rings. The Hall–Kier alpha value is -3.17. The van der Waals surface area contributed by atoms with Gasteiger partial charge in [-0.25, -0.2) is 8.42 Å². The third-order valence-corrected chi connectivity index (χ3v) is 7.23. The van der Waals surface area contributed by atoms with Crippen molar-refractivity contribution in [1.82, 2.24) is 0 Å². The van der Waals surface area contributed by atoms with Gasteiger partial charge < -0.3 is 14.8 Å². The first-order valence-electron chi connectivity index (χ1n) is 10.2. The standard InChI is InChI=1S/C24H26N2O5S2/c1-4-31-19-9-7-8-18(16-19)25-24(27)17-26(22-10-5-6-11-23(22)30-2)33(28,29)21-14-12-20(32-3)13-15-21/h5-16H,4,17H2,1-3H3,(H,25,27). The number of nitrogens with zero attached hydrogens (tertiary/aromatic N) is 1. The molecule has 0 saturated heterocycles. The number of amides is 1. The number of anilines is 2. The quantitative estimate of drug-likeness (QED) is 0.420. The molecule has 9 heteroatoms. The van der Waals surface area contributed by atoms with Gasteiger partial charge in [-0.15, -0.1) is 11.8 Å². The van der Waals surface area contributed by atoms with Crippen LogP contribution in [0.15, 0.2) is 82.6 Å². The zero-order valence-corrected chi connectivity index (χ0v) is 20.3. The highest BCUT2D eigenvalue weighted by Crippen LogP contribution is 2.32. The number of carbonyl (C=O) groups excluding carboxylic acids is 1. The number of nitrogens with one attached hydrogen (secondary N) is 1. The first kappa shape index (κ1) is 24.5. The number of ether oxygens (including phenoxy) is 2. The summed E-state index contributed by atoms with van der Waals surface area (Å²) in [6.07, 6.45) is 1.91. The summed E-state index contributed by atoms with van der Waals surface area (Å²) in [7, 11) is -2.60.